The lowest BCUT2D eigenvalue weighted by atomic mass is 10.2. The van der Waals surface area contributed by atoms with Crippen LogP contribution in [0.1, 0.15) is 11.1 Å². The third kappa shape index (κ3) is 4.97. The Kier molecular flexibility index (Phi) is 6.79. The van der Waals surface area contributed by atoms with Gasteiger partial charge in [0.05, 0.1) is 11.4 Å². The standard InChI is InChI=1S/C22H20N2O2S2/c1-27-17-7-9-21(25)15(11-17)13-23-19-5-3-4-6-20(19)24-14-16-12-18(28-2)8-10-22(16)26/h3-14,25-26H,1-2H3. The van der Waals surface area contributed by atoms with Gasteiger partial charge in [0.15, 0.2) is 0 Å². The van der Waals surface area contributed by atoms with Gasteiger partial charge in [-0.05, 0) is 61.0 Å². The maximum atomic E-state index is 10.0. The van der Waals surface area contributed by atoms with Crippen molar-refractivity contribution >= 4 is 47.3 Å². The Balaban J connectivity index is 1.90. The molecule has 6 heteroatoms. The lowest BCUT2D eigenvalue weighted by Crippen LogP contribution is -1.85. The summed E-state index contributed by atoms with van der Waals surface area (Å²) >= 11 is 3.21. The average Bonchev–Trinajstić information content (AvgIpc) is 2.73. The van der Waals surface area contributed by atoms with Crippen LogP contribution in [0, 0.1) is 0 Å². The summed E-state index contributed by atoms with van der Waals surface area (Å²) in [6.07, 6.45) is 7.24. The minimum Gasteiger partial charge on any atom is -0.507 e. The predicted molar refractivity (Wildman–Crippen MR) is 121 cm³/mol. The summed E-state index contributed by atoms with van der Waals surface area (Å²) in [4.78, 5) is 11.1. The Bertz CT molecular complexity index is 950. The van der Waals surface area contributed by atoms with Gasteiger partial charge in [0.2, 0.25) is 0 Å². The van der Waals surface area contributed by atoms with Crippen LogP contribution in [0.15, 0.2) is 80.4 Å². The van der Waals surface area contributed by atoms with Crippen LogP contribution in [0.5, 0.6) is 11.5 Å². The Morgan fingerprint density at radius 2 is 1.11 bits per heavy atom. The zero-order valence-electron chi connectivity index (χ0n) is 15.5. The summed E-state index contributed by atoms with van der Waals surface area (Å²) < 4.78 is 0. The molecule has 0 aliphatic heterocycles. The van der Waals surface area contributed by atoms with E-state index in [1.165, 1.54) is 0 Å². The third-order valence-electron chi connectivity index (χ3n) is 4.04. The van der Waals surface area contributed by atoms with Gasteiger partial charge in [-0.1, -0.05) is 12.1 Å². The Morgan fingerprint density at radius 1 is 0.679 bits per heavy atom. The monoisotopic (exact) mass is 408 g/mol. The van der Waals surface area contributed by atoms with Crippen LogP contribution in [0.3, 0.4) is 0 Å². The maximum Gasteiger partial charge on any atom is 0.124 e. The van der Waals surface area contributed by atoms with Gasteiger partial charge in [0, 0.05) is 33.3 Å². The minimum absolute atomic E-state index is 0.182. The third-order valence-corrected chi connectivity index (χ3v) is 5.49. The zero-order valence-corrected chi connectivity index (χ0v) is 17.2. The van der Waals surface area contributed by atoms with Crippen LogP contribution in [-0.4, -0.2) is 35.2 Å². The molecule has 3 aromatic rings. The van der Waals surface area contributed by atoms with Gasteiger partial charge in [-0.3, -0.25) is 9.98 Å². The summed E-state index contributed by atoms with van der Waals surface area (Å²) in [5.74, 6) is 0.364. The number of aliphatic imine (C=N–C) groups is 2. The molecule has 0 aromatic heterocycles. The number of hydrogen-bond acceptors (Lipinski definition) is 6. The molecule has 4 nitrogen and oxygen atoms in total. The molecule has 0 amide bonds. The first kappa shape index (κ1) is 20.0. The summed E-state index contributed by atoms with van der Waals surface area (Å²) in [5, 5.41) is 20.1. The number of phenolic OH excluding ortho intramolecular Hbond substituents is 2. The predicted octanol–water partition coefficient (Wildman–Crippen LogP) is 6.04. The van der Waals surface area contributed by atoms with Gasteiger partial charge in [-0.15, -0.1) is 23.5 Å². The molecule has 0 heterocycles. The number of aromatic hydroxyl groups is 2. The van der Waals surface area contributed by atoms with Gasteiger partial charge >= 0.3 is 0 Å². The van der Waals surface area contributed by atoms with Crippen molar-refractivity contribution < 1.29 is 10.2 Å². The molecule has 3 aromatic carbocycles. The maximum absolute atomic E-state index is 10.0. The van der Waals surface area contributed by atoms with Crippen molar-refractivity contribution in [1.82, 2.24) is 0 Å². The van der Waals surface area contributed by atoms with Gasteiger partial charge in [0.25, 0.3) is 0 Å². The molecule has 2 N–H and O–H groups in total. The quantitative estimate of drug-likeness (QED) is 0.385. The van der Waals surface area contributed by atoms with Crippen molar-refractivity contribution in [3.05, 3.63) is 71.8 Å². The first-order valence-electron chi connectivity index (χ1n) is 8.52. The fraction of sp³-hybridized carbons (Fsp3) is 0.0909. The second-order valence-electron chi connectivity index (χ2n) is 5.85. The SMILES string of the molecule is CSc1ccc(O)c(C=Nc2ccccc2N=Cc2cc(SC)ccc2O)c1. The molecular formula is C22H20N2O2S2. The highest BCUT2D eigenvalue weighted by molar-refractivity contribution is 7.98. The van der Waals surface area contributed by atoms with E-state index in [0.717, 1.165) is 9.79 Å². The van der Waals surface area contributed by atoms with Crippen LogP contribution in [0.2, 0.25) is 0 Å². The Morgan fingerprint density at radius 3 is 1.50 bits per heavy atom. The summed E-state index contributed by atoms with van der Waals surface area (Å²) in [6.45, 7) is 0. The van der Waals surface area contributed by atoms with Crippen molar-refractivity contribution in [2.24, 2.45) is 9.98 Å². The lowest BCUT2D eigenvalue weighted by molar-refractivity contribution is 0.473. The van der Waals surface area contributed by atoms with E-state index >= 15 is 0 Å². The van der Waals surface area contributed by atoms with E-state index in [0.29, 0.717) is 22.5 Å². The highest BCUT2D eigenvalue weighted by atomic mass is 32.2. The highest BCUT2D eigenvalue weighted by Crippen LogP contribution is 2.29. The topological polar surface area (TPSA) is 65.2 Å². The number of para-hydroxylation sites is 2. The van der Waals surface area contributed by atoms with E-state index in [1.54, 1.807) is 48.1 Å². The van der Waals surface area contributed by atoms with Crippen LogP contribution >= 0.6 is 23.5 Å². The van der Waals surface area contributed by atoms with E-state index in [1.807, 2.05) is 61.0 Å². The van der Waals surface area contributed by atoms with Crippen LogP contribution in [0.25, 0.3) is 0 Å². The summed E-state index contributed by atoms with van der Waals surface area (Å²) in [7, 11) is 0. The van der Waals surface area contributed by atoms with E-state index in [4.69, 9.17) is 0 Å². The molecule has 28 heavy (non-hydrogen) atoms. The molecular weight excluding hydrogens is 388 g/mol. The van der Waals surface area contributed by atoms with Gasteiger partial charge in [0.1, 0.15) is 11.5 Å². The van der Waals surface area contributed by atoms with Crippen LogP contribution in [0.4, 0.5) is 11.4 Å². The molecule has 0 aliphatic rings. The van der Waals surface area contributed by atoms with E-state index < -0.39 is 0 Å². The first-order valence-corrected chi connectivity index (χ1v) is 11.0. The molecule has 0 saturated heterocycles. The molecule has 0 bridgehead atoms. The number of phenols is 2. The van der Waals surface area contributed by atoms with Crippen LogP contribution < -0.4 is 0 Å². The Hall–Kier alpha value is -2.70. The fourth-order valence-electron chi connectivity index (χ4n) is 2.49. The second-order valence-corrected chi connectivity index (χ2v) is 7.61. The number of benzene rings is 3. The molecule has 0 radical (unpaired) electrons. The zero-order chi connectivity index (χ0) is 19.9. The van der Waals surface area contributed by atoms with Crippen LogP contribution in [-0.2, 0) is 0 Å². The summed E-state index contributed by atoms with van der Waals surface area (Å²) in [5.41, 5.74) is 2.65. The van der Waals surface area contributed by atoms with Gasteiger partial charge in [-0.2, -0.15) is 0 Å². The minimum atomic E-state index is 0.182. The van der Waals surface area contributed by atoms with Crippen molar-refractivity contribution in [2.75, 3.05) is 12.5 Å². The lowest BCUT2D eigenvalue weighted by Gasteiger charge is -2.04. The number of hydrogen-bond donors (Lipinski definition) is 2. The molecule has 0 atom stereocenters. The normalized spacial score (nSPS) is 11.5. The molecule has 0 fully saturated rings. The van der Waals surface area contributed by atoms with E-state index in [-0.39, 0.29) is 11.5 Å². The van der Waals surface area contributed by atoms with E-state index in [9.17, 15) is 10.2 Å². The number of rotatable bonds is 6. The largest absolute Gasteiger partial charge is 0.507 e. The van der Waals surface area contributed by atoms with Gasteiger partial charge in [-0.25, -0.2) is 0 Å². The summed E-state index contributed by atoms with van der Waals surface area (Å²) in [6, 6.07) is 18.3. The number of nitrogens with zero attached hydrogens (tertiary/aromatic N) is 2. The molecule has 3 rings (SSSR count). The molecule has 0 saturated carbocycles. The second kappa shape index (κ2) is 9.48. The fourth-order valence-corrected chi connectivity index (χ4v) is 3.38. The molecule has 0 aliphatic carbocycles. The molecule has 142 valence electrons. The van der Waals surface area contributed by atoms with Gasteiger partial charge < -0.3 is 10.2 Å². The smallest absolute Gasteiger partial charge is 0.124 e. The van der Waals surface area contributed by atoms with Crippen molar-refractivity contribution in [3.63, 3.8) is 0 Å². The molecule has 0 spiro atoms. The van der Waals surface area contributed by atoms with E-state index in [2.05, 4.69) is 9.98 Å². The van der Waals surface area contributed by atoms with Crippen molar-refractivity contribution in [2.45, 2.75) is 9.79 Å². The number of thioether (sulfide) groups is 2. The Labute approximate surface area is 173 Å². The first-order chi connectivity index (χ1) is 13.6. The highest BCUT2D eigenvalue weighted by Gasteiger charge is 2.03. The molecule has 0 unspecified atom stereocenters. The average molecular weight is 409 g/mol. The van der Waals surface area contributed by atoms with Crippen molar-refractivity contribution in [3.8, 4) is 11.5 Å². The van der Waals surface area contributed by atoms with Crippen molar-refractivity contribution in [1.29, 1.82) is 0 Å².